The van der Waals surface area contributed by atoms with Crippen LogP contribution >= 0.6 is 0 Å². The minimum Gasteiger partial charge on any atom is -0.455 e. The highest BCUT2D eigenvalue weighted by Crippen LogP contribution is 2.29. The molecular formula is C25H25N3O4. The molecule has 0 unspecified atom stereocenters. The Balaban J connectivity index is 1.35. The van der Waals surface area contributed by atoms with Gasteiger partial charge in [0.05, 0.1) is 25.4 Å². The second-order valence-electron chi connectivity index (χ2n) is 7.30. The maximum atomic E-state index is 12.7. The van der Waals surface area contributed by atoms with E-state index in [-0.39, 0.29) is 18.4 Å². The van der Waals surface area contributed by atoms with E-state index < -0.39 is 0 Å². The van der Waals surface area contributed by atoms with Gasteiger partial charge in [-0.05, 0) is 42.5 Å². The molecule has 7 heteroatoms. The van der Waals surface area contributed by atoms with E-state index in [0.717, 1.165) is 0 Å². The summed E-state index contributed by atoms with van der Waals surface area (Å²) in [6, 6.07) is 23.8. The molecule has 2 N–H and O–H groups in total. The number of carbonyl (C=O) groups excluding carboxylic acids is 2. The third-order valence-electron chi connectivity index (χ3n) is 4.99. The molecule has 1 heterocycles. The van der Waals surface area contributed by atoms with Gasteiger partial charge < -0.3 is 25.0 Å². The molecule has 3 aromatic carbocycles. The number of rotatable bonds is 7. The highest BCUT2D eigenvalue weighted by atomic mass is 16.5. The van der Waals surface area contributed by atoms with E-state index in [9.17, 15) is 9.59 Å². The van der Waals surface area contributed by atoms with E-state index in [0.29, 0.717) is 54.7 Å². The Morgan fingerprint density at radius 1 is 0.906 bits per heavy atom. The standard InChI is InChI=1S/C25H25N3O4/c29-24(27-22-11-4-5-12-23(22)32-21-9-2-1-3-10-21)18-26-20-8-6-7-19(17-20)25(30)28-13-15-31-16-14-28/h1-12,17,26H,13-16,18H2,(H,27,29). The van der Waals surface area contributed by atoms with E-state index >= 15 is 0 Å². The molecule has 0 aliphatic carbocycles. The molecule has 1 aliphatic rings. The Kier molecular flexibility index (Phi) is 6.99. The molecule has 1 fully saturated rings. The van der Waals surface area contributed by atoms with Gasteiger partial charge in [0.15, 0.2) is 5.75 Å². The Labute approximate surface area is 187 Å². The van der Waals surface area contributed by atoms with Crippen LogP contribution in [0.25, 0.3) is 0 Å². The first kappa shape index (κ1) is 21.4. The number of benzene rings is 3. The lowest BCUT2D eigenvalue weighted by Crippen LogP contribution is -2.40. The van der Waals surface area contributed by atoms with Crippen molar-refractivity contribution in [1.29, 1.82) is 0 Å². The summed E-state index contributed by atoms with van der Waals surface area (Å²) in [6.45, 7) is 2.33. The minimum absolute atomic E-state index is 0.0339. The zero-order valence-electron chi connectivity index (χ0n) is 17.6. The van der Waals surface area contributed by atoms with Gasteiger partial charge in [0.1, 0.15) is 5.75 Å². The quantitative estimate of drug-likeness (QED) is 0.591. The zero-order valence-corrected chi connectivity index (χ0v) is 17.6. The summed E-state index contributed by atoms with van der Waals surface area (Å²) < 4.78 is 11.2. The number of hydrogen-bond acceptors (Lipinski definition) is 5. The molecule has 164 valence electrons. The van der Waals surface area contributed by atoms with Crippen LogP contribution in [0.15, 0.2) is 78.9 Å². The van der Waals surface area contributed by atoms with Gasteiger partial charge in [-0.2, -0.15) is 0 Å². The van der Waals surface area contributed by atoms with Gasteiger partial charge in [-0.25, -0.2) is 0 Å². The van der Waals surface area contributed by atoms with Crippen LogP contribution in [0.5, 0.6) is 11.5 Å². The molecule has 0 aromatic heterocycles. The average Bonchev–Trinajstić information content (AvgIpc) is 2.85. The summed E-state index contributed by atoms with van der Waals surface area (Å²) in [7, 11) is 0. The fourth-order valence-electron chi connectivity index (χ4n) is 3.36. The van der Waals surface area contributed by atoms with Gasteiger partial charge in [0.2, 0.25) is 5.91 Å². The topological polar surface area (TPSA) is 79.9 Å². The van der Waals surface area contributed by atoms with Crippen molar-refractivity contribution in [3.8, 4) is 11.5 Å². The molecule has 2 amide bonds. The van der Waals surface area contributed by atoms with Gasteiger partial charge >= 0.3 is 0 Å². The summed E-state index contributed by atoms with van der Waals surface area (Å²) >= 11 is 0. The fraction of sp³-hybridized carbons (Fsp3) is 0.200. The molecule has 0 spiro atoms. The number of para-hydroxylation sites is 3. The summed E-state index contributed by atoms with van der Waals surface area (Å²) in [5, 5.41) is 5.96. The smallest absolute Gasteiger partial charge is 0.254 e. The number of carbonyl (C=O) groups is 2. The fourth-order valence-corrected chi connectivity index (χ4v) is 3.36. The molecule has 1 saturated heterocycles. The number of anilines is 2. The zero-order chi connectivity index (χ0) is 22.2. The van der Waals surface area contributed by atoms with Crippen molar-refractivity contribution in [3.63, 3.8) is 0 Å². The molecule has 3 aromatic rings. The maximum Gasteiger partial charge on any atom is 0.254 e. The van der Waals surface area contributed by atoms with Crippen LogP contribution in [-0.2, 0) is 9.53 Å². The number of ether oxygens (including phenoxy) is 2. The first-order chi connectivity index (χ1) is 15.7. The van der Waals surface area contributed by atoms with Gasteiger partial charge in [-0.15, -0.1) is 0 Å². The van der Waals surface area contributed by atoms with Gasteiger partial charge in [-0.3, -0.25) is 9.59 Å². The number of nitrogens with one attached hydrogen (secondary N) is 2. The molecule has 0 radical (unpaired) electrons. The van der Waals surface area contributed by atoms with Crippen LogP contribution in [0, 0.1) is 0 Å². The Hall–Kier alpha value is -3.84. The second kappa shape index (κ2) is 10.5. The lowest BCUT2D eigenvalue weighted by Gasteiger charge is -2.27. The van der Waals surface area contributed by atoms with Crippen LogP contribution in [-0.4, -0.2) is 49.6 Å². The van der Waals surface area contributed by atoms with Crippen LogP contribution in [0.4, 0.5) is 11.4 Å². The Morgan fingerprint density at radius 3 is 2.47 bits per heavy atom. The largest absolute Gasteiger partial charge is 0.455 e. The molecule has 0 saturated carbocycles. The molecular weight excluding hydrogens is 406 g/mol. The number of nitrogens with zero attached hydrogens (tertiary/aromatic N) is 1. The highest BCUT2D eigenvalue weighted by molar-refractivity contribution is 5.96. The van der Waals surface area contributed by atoms with Gasteiger partial charge in [0, 0.05) is 24.3 Å². The molecule has 32 heavy (non-hydrogen) atoms. The molecule has 0 bridgehead atoms. The van der Waals surface area contributed by atoms with E-state index in [4.69, 9.17) is 9.47 Å². The Bertz CT molecular complexity index is 1070. The molecule has 7 nitrogen and oxygen atoms in total. The summed E-state index contributed by atoms with van der Waals surface area (Å²) in [6.07, 6.45) is 0. The van der Waals surface area contributed by atoms with Crippen LogP contribution in [0.2, 0.25) is 0 Å². The molecule has 0 atom stereocenters. The van der Waals surface area contributed by atoms with Gasteiger partial charge in [-0.1, -0.05) is 36.4 Å². The van der Waals surface area contributed by atoms with E-state index in [1.807, 2.05) is 48.5 Å². The average molecular weight is 431 g/mol. The minimum atomic E-state index is -0.223. The van der Waals surface area contributed by atoms with Crippen LogP contribution in [0.3, 0.4) is 0 Å². The number of morpholine rings is 1. The predicted molar refractivity (Wildman–Crippen MR) is 123 cm³/mol. The van der Waals surface area contributed by atoms with Crippen molar-refractivity contribution < 1.29 is 19.1 Å². The molecule has 4 rings (SSSR count). The van der Waals surface area contributed by atoms with E-state index in [1.54, 1.807) is 35.2 Å². The van der Waals surface area contributed by atoms with Crippen molar-refractivity contribution in [2.24, 2.45) is 0 Å². The normalized spacial score (nSPS) is 13.3. The van der Waals surface area contributed by atoms with Crippen LogP contribution in [0.1, 0.15) is 10.4 Å². The third kappa shape index (κ3) is 5.65. The lowest BCUT2D eigenvalue weighted by atomic mass is 10.1. The summed E-state index contributed by atoms with van der Waals surface area (Å²) in [5.74, 6) is 0.992. The first-order valence-corrected chi connectivity index (χ1v) is 10.5. The third-order valence-corrected chi connectivity index (χ3v) is 4.99. The second-order valence-corrected chi connectivity index (χ2v) is 7.30. The SMILES string of the molecule is O=C(CNc1cccc(C(=O)N2CCOCC2)c1)Nc1ccccc1Oc1ccccc1. The van der Waals surface area contributed by atoms with Crippen molar-refractivity contribution in [1.82, 2.24) is 4.90 Å². The monoisotopic (exact) mass is 431 g/mol. The van der Waals surface area contributed by atoms with Crippen molar-refractivity contribution in [2.75, 3.05) is 43.5 Å². The van der Waals surface area contributed by atoms with Crippen molar-refractivity contribution in [2.45, 2.75) is 0 Å². The van der Waals surface area contributed by atoms with E-state index in [2.05, 4.69) is 10.6 Å². The van der Waals surface area contributed by atoms with Crippen LogP contribution < -0.4 is 15.4 Å². The lowest BCUT2D eigenvalue weighted by molar-refractivity contribution is -0.114. The summed E-state index contributed by atoms with van der Waals surface area (Å²) in [4.78, 5) is 27.0. The Morgan fingerprint density at radius 2 is 1.66 bits per heavy atom. The maximum absolute atomic E-state index is 12.7. The van der Waals surface area contributed by atoms with Crippen molar-refractivity contribution in [3.05, 3.63) is 84.4 Å². The highest BCUT2D eigenvalue weighted by Gasteiger charge is 2.18. The first-order valence-electron chi connectivity index (χ1n) is 10.5. The number of hydrogen-bond donors (Lipinski definition) is 2. The predicted octanol–water partition coefficient (Wildman–Crippen LogP) is 4.00. The van der Waals surface area contributed by atoms with Crippen molar-refractivity contribution >= 4 is 23.2 Å². The van der Waals surface area contributed by atoms with E-state index in [1.165, 1.54) is 0 Å². The number of amides is 2. The van der Waals surface area contributed by atoms with Gasteiger partial charge in [0.25, 0.3) is 5.91 Å². The summed E-state index contributed by atoms with van der Waals surface area (Å²) in [5.41, 5.74) is 1.87. The molecule has 1 aliphatic heterocycles.